The molecule has 1 aromatic carbocycles. The molecule has 0 aliphatic heterocycles. The van der Waals surface area contributed by atoms with Gasteiger partial charge in [0.15, 0.2) is 0 Å². The summed E-state index contributed by atoms with van der Waals surface area (Å²) in [6.07, 6.45) is 5.84. The summed E-state index contributed by atoms with van der Waals surface area (Å²) in [7, 11) is 0. The van der Waals surface area contributed by atoms with E-state index >= 15 is 0 Å². The van der Waals surface area contributed by atoms with Gasteiger partial charge in [0.05, 0.1) is 10.7 Å². The number of hydrogen-bond acceptors (Lipinski definition) is 1. The van der Waals surface area contributed by atoms with Crippen molar-refractivity contribution >= 4 is 39.9 Å². The largest absolute Gasteiger partial charge is 0.384 e. The van der Waals surface area contributed by atoms with Crippen LogP contribution in [0.25, 0.3) is 0 Å². The highest BCUT2D eigenvalue weighted by atomic mass is 127. The standard InChI is InChI=1S/C14H17ClIN/c15-13-4-3-12(16)7-14(13)17-8-11-6-9-1-2-10(11)5-9/h3-4,7,9-11,17H,1-2,5-6,8H2. The summed E-state index contributed by atoms with van der Waals surface area (Å²) < 4.78 is 1.24. The van der Waals surface area contributed by atoms with E-state index in [1.165, 1.54) is 29.3 Å². The average Bonchev–Trinajstić information content (AvgIpc) is 2.92. The van der Waals surface area contributed by atoms with Crippen LogP contribution in [0.3, 0.4) is 0 Å². The normalized spacial score (nSPS) is 30.8. The molecule has 1 nitrogen and oxygen atoms in total. The van der Waals surface area contributed by atoms with Crippen molar-refractivity contribution in [3.63, 3.8) is 0 Å². The van der Waals surface area contributed by atoms with E-state index in [-0.39, 0.29) is 0 Å². The van der Waals surface area contributed by atoms with Crippen LogP contribution in [0.5, 0.6) is 0 Å². The Balaban J connectivity index is 1.62. The van der Waals surface area contributed by atoms with Crippen LogP contribution in [0, 0.1) is 21.3 Å². The van der Waals surface area contributed by atoms with Gasteiger partial charge in [0.25, 0.3) is 0 Å². The second-order valence-corrected chi connectivity index (χ2v) is 7.09. The van der Waals surface area contributed by atoms with Crippen molar-refractivity contribution in [2.75, 3.05) is 11.9 Å². The van der Waals surface area contributed by atoms with Crippen molar-refractivity contribution in [1.29, 1.82) is 0 Å². The highest BCUT2D eigenvalue weighted by Gasteiger charge is 2.39. The molecule has 92 valence electrons. The predicted molar refractivity (Wildman–Crippen MR) is 81.6 cm³/mol. The number of nitrogens with one attached hydrogen (secondary N) is 1. The molecule has 0 heterocycles. The molecule has 17 heavy (non-hydrogen) atoms. The SMILES string of the molecule is Clc1ccc(I)cc1NCC1CC2CCC1C2. The molecule has 0 aromatic heterocycles. The van der Waals surface area contributed by atoms with E-state index in [0.717, 1.165) is 35.0 Å². The fourth-order valence-corrected chi connectivity index (χ4v) is 4.18. The van der Waals surface area contributed by atoms with E-state index in [1.807, 2.05) is 12.1 Å². The Labute approximate surface area is 121 Å². The lowest BCUT2D eigenvalue weighted by Gasteiger charge is -2.22. The van der Waals surface area contributed by atoms with Gasteiger partial charge in [0.2, 0.25) is 0 Å². The molecular formula is C14H17ClIN. The number of hydrogen-bond donors (Lipinski definition) is 1. The summed E-state index contributed by atoms with van der Waals surface area (Å²) in [5.41, 5.74) is 1.10. The third-order valence-corrected chi connectivity index (χ3v) is 5.37. The van der Waals surface area contributed by atoms with Gasteiger partial charge >= 0.3 is 0 Å². The van der Waals surface area contributed by atoms with Crippen LogP contribution in [0.4, 0.5) is 5.69 Å². The second-order valence-electron chi connectivity index (χ2n) is 5.44. The monoisotopic (exact) mass is 361 g/mol. The lowest BCUT2D eigenvalue weighted by Crippen LogP contribution is -2.20. The van der Waals surface area contributed by atoms with Crippen LogP contribution in [-0.2, 0) is 0 Å². The number of fused-ring (bicyclic) bond motifs is 2. The van der Waals surface area contributed by atoms with Gasteiger partial charge in [-0.15, -0.1) is 0 Å². The van der Waals surface area contributed by atoms with Crippen molar-refractivity contribution in [2.45, 2.75) is 25.7 Å². The molecule has 0 saturated heterocycles. The van der Waals surface area contributed by atoms with E-state index in [4.69, 9.17) is 11.6 Å². The molecule has 3 atom stereocenters. The molecule has 0 spiro atoms. The second kappa shape index (κ2) is 4.96. The molecule has 2 saturated carbocycles. The van der Waals surface area contributed by atoms with Crippen molar-refractivity contribution < 1.29 is 0 Å². The Hall–Kier alpha value is 0.0400. The lowest BCUT2D eigenvalue weighted by molar-refractivity contribution is 0.348. The maximum atomic E-state index is 6.19. The van der Waals surface area contributed by atoms with Crippen LogP contribution >= 0.6 is 34.2 Å². The van der Waals surface area contributed by atoms with Crippen LogP contribution < -0.4 is 5.32 Å². The Kier molecular flexibility index (Phi) is 3.53. The van der Waals surface area contributed by atoms with Crippen molar-refractivity contribution in [2.24, 2.45) is 17.8 Å². The zero-order valence-electron chi connectivity index (χ0n) is 9.76. The average molecular weight is 362 g/mol. The highest BCUT2D eigenvalue weighted by Crippen LogP contribution is 2.48. The highest BCUT2D eigenvalue weighted by molar-refractivity contribution is 14.1. The zero-order chi connectivity index (χ0) is 11.8. The number of benzene rings is 1. The predicted octanol–water partition coefficient (Wildman–Crippen LogP) is 4.79. The molecule has 2 bridgehead atoms. The van der Waals surface area contributed by atoms with E-state index in [9.17, 15) is 0 Å². The van der Waals surface area contributed by atoms with Crippen LogP contribution in [-0.4, -0.2) is 6.54 Å². The van der Waals surface area contributed by atoms with Gasteiger partial charge < -0.3 is 5.32 Å². The summed E-state index contributed by atoms with van der Waals surface area (Å²) in [5, 5.41) is 4.39. The molecule has 3 unspecified atom stereocenters. The number of halogens is 2. The maximum absolute atomic E-state index is 6.19. The minimum atomic E-state index is 0.841. The van der Waals surface area contributed by atoms with Crippen molar-refractivity contribution in [3.8, 4) is 0 Å². The van der Waals surface area contributed by atoms with E-state index in [0.29, 0.717) is 0 Å². The van der Waals surface area contributed by atoms with E-state index in [2.05, 4.69) is 34.0 Å². The first-order chi connectivity index (χ1) is 8.22. The Morgan fingerprint density at radius 2 is 2.18 bits per heavy atom. The Morgan fingerprint density at radius 1 is 1.29 bits per heavy atom. The third kappa shape index (κ3) is 2.58. The van der Waals surface area contributed by atoms with E-state index in [1.54, 1.807) is 0 Å². The molecular weight excluding hydrogens is 345 g/mol. The third-order valence-electron chi connectivity index (χ3n) is 4.37. The fourth-order valence-electron chi connectivity index (χ4n) is 3.50. The van der Waals surface area contributed by atoms with Crippen LogP contribution in [0.15, 0.2) is 18.2 Å². The first-order valence-corrected chi connectivity index (χ1v) is 7.87. The van der Waals surface area contributed by atoms with Gasteiger partial charge in [-0.25, -0.2) is 0 Å². The molecule has 2 fully saturated rings. The number of rotatable bonds is 3. The molecule has 1 aromatic rings. The summed E-state index contributed by atoms with van der Waals surface area (Å²) in [4.78, 5) is 0. The molecule has 0 radical (unpaired) electrons. The van der Waals surface area contributed by atoms with Gasteiger partial charge in [-0.1, -0.05) is 18.0 Å². The molecule has 1 N–H and O–H groups in total. The van der Waals surface area contributed by atoms with Gasteiger partial charge in [0, 0.05) is 10.1 Å². The topological polar surface area (TPSA) is 12.0 Å². The summed E-state index contributed by atoms with van der Waals surface area (Å²) in [5.74, 6) is 2.88. The smallest absolute Gasteiger partial charge is 0.0638 e. The first kappa shape index (κ1) is 12.1. The molecule has 2 aliphatic rings. The van der Waals surface area contributed by atoms with Gasteiger partial charge in [-0.05, 0) is 77.8 Å². The van der Waals surface area contributed by atoms with Gasteiger partial charge in [-0.3, -0.25) is 0 Å². The fraction of sp³-hybridized carbons (Fsp3) is 0.571. The summed E-state index contributed by atoms with van der Waals surface area (Å²) in [6.45, 7) is 1.10. The first-order valence-electron chi connectivity index (χ1n) is 6.41. The van der Waals surface area contributed by atoms with Crippen molar-refractivity contribution in [1.82, 2.24) is 0 Å². The Morgan fingerprint density at radius 3 is 2.88 bits per heavy atom. The molecule has 3 rings (SSSR count). The van der Waals surface area contributed by atoms with Gasteiger partial charge in [0.1, 0.15) is 0 Å². The van der Waals surface area contributed by atoms with Crippen LogP contribution in [0.2, 0.25) is 5.02 Å². The molecule has 2 aliphatic carbocycles. The molecule has 0 amide bonds. The molecule has 3 heteroatoms. The quantitative estimate of drug-likeness (QED) is 0.763. The summed E-state index contributed by atoms with van der Waals surface area (Å²) >= 11 is 8.52. The minimum absolute atomic E-state index is 0.841. The van der Waals surface area contributed by atoms with Crippen LogP contribution in [0.1, 0.15) is 25.7 Å². The van der Waals surface area contributed by atoms with Crippen molar-refractivity contribution in [3.05, 3.63) is 26.8 Å². The Bertz CT molecular complexity index is 421. The van der Waals surface area contributed by atoms with Gasteiger partial charge in [-0.2, -0.15) is 0 Å². The van der Waals surface area contributed by atoms with E-state index < -0.39 is 0 Å². The zero-order valence-corrected chi connectivity index (χ0v) is 12.7. The summed E-state index contributed by atoms with van der Waals surface area (Å²) in [6, 6.07) is 6.16. The maximum Gasteiger partial charge on any atom is 0.0638 e. The lowest BCUT2D eigenvalue weighted by atomic mass is 9.89. The minimum Gasteiger partial charge on any atom is -0.384 e. The number of anilines is 1.